The van der Waals surface area contributed by atoms with Crippen LogP contribution in [0.1, 0.15) is 22.9 Å². The molecule has 1 atom stereocenters. The maximum atomic E-state index is 5.78. The molecule has 0 radical (unpaired) electrons. The molecule has 2 aromatic heterocycles. The van der Waals surface area contributed by atoms with Crippen LogP contribution in [0.2, 0.25) is 0 Å². The Kier molecular flexibility index (Phi) is 3.22. The summed E-state index contributed by atoms with van der Waals surface area (Å²) in [6, 6.07) is 9.94. The molecule has 1 aromatic carbocycles. The number of aryl methyl sites for hydroxylation is 2. The van der Waals surface area contributed by atoms with E-state index < -0.39 is 0 Å². The van der Waals surface area contributed by atoms with Gasteiger partial charge in [0, 0.05) is 24.8 Å². The summed E-state index contributed by atoms with van der Waals surface area (Å²) in [5, 5.41) is 5.72. The lowest BCUT2D eigenvalue weighted by atomic mass is 9.99. The summed E-state index contributed by atoms with van der Waals surface area (Å²) >= 11 is 0. The second kappa shape index (κ2) is 5.03. The van der Waals surface area contributed by atoms with Gasteiger partial charge >= 0.3 is 0 Å². The molecule has 3 rings (SSSR count). The minimum atomic E-state index is -0.171. The second-order valence-corrected chi connectivity index (χ2v) is 4.86. The molecule has 0 spiro atoms. The molecular weight excluding hydrogens is 250 g/mol. The number of nitrogens with zero attached hydrogens (tertiary/aromatic N) is 3. The zero-order valence-corrected chi connectivity index (χ0v) is 11.5. The lowest BCUT2D eigenvalue weighted by molar-refractivity contribution is 0.603. The van der Waals surface area contributed by atoms with Crippen molar-refractivity contribution in [3.63, 3.8) is 0 Å². The van der Waals surface area contributed by atoms with Crippen molar-refractivity contribution in [3.05, 3.63) is 59.5 Å². The lowest BCUT2D eigenvalue weighted by Crippen LogP contribution is -2.30. The number of rotatable bonds is 3. The normalized spacial score (nSPS) is 12.8. The van der Waals surface area contributed by atoms with Gasteiger partial charge in [-0.1, -0.05) is 18.2 Å². The van der Waals surface area contributed by atoms with Crippen molar-refractivity contribution in [2.45, 2.75) is 13.0 Å². The third-order valence-corrected chi connectivity index (χ3v) is 3.62. The Morgan fingerprint density at radius 3 is 2.80 bits per heavy atom. The van der Waals surface area contributed by atoms with E-state index in [0.717, 1.165) is 27.7 Å². The molecule has 0 fully saturated rings. The van der Waals surface area contributed by atoms with Crippen LogP contribution in [0.5, 0.6) is 0 Å². The van der Waals surface area contributed by atoms with Gasteiger partial charge in [-0.2, -0.15) is 5.10 Å². The van der Waals surface area contributed by atoms with E-state index in [2.05, 4.69) is 27.6 Å². The highest BCUT2D eigenvalue weighted by Gasteiger charge is 2.21. The van der Waals surface area contributed by atoms with Gasteiger partial charge in [-0.3, -0.25) is 15.5 Å². The number of nitrogens with one attached hydrogen (secondary N) is 1. The van der Waals surface area contributed by atoms with Crippen LogP contribution in [0.3, 0.4) is 0 Å². The standard InChI is InChI=1S/C15H17N5/c1-10-7-8-17-9-12(10)14(18-16)15-11-5-3-4-6-13(11)20(2)19-15/h3-9,14,18H,16H2,1-2H3. The third kappa shape index (κ3) is 1.97. The second-order valence-electron chi connectivity index (χ2n) is 4.86. The van der Waals surface area contributed by atoms with Gasteiger partial charge in [-0.15, -0.1) is 0 Å². The minimum absolute atomic E-state index is 0.171. The number of benzene rings is 1. The zero-order chi connectivity index (χ0) is 14.1. The summed E-state index contributed by atoms with van der Waals surface area (Å²) in [4.78, 5) is 4.20. The molecule has 3 N–H and O–H groups in total. The summed E-state index contributed by atoms with van der Waals surface area (Å²) in [6.07, 6.45) is 3.62. The first kappa shape index (κ1) is 12.8. The highest BCUT2D eigenvalue weighted by Crippen LogP contribution is 2.28. The average Bonchev–Trinajstić information content (AvgIpc) is 2.80. The van der Waals surface area contributed by atoms with E-state index in [9.17, 15) is 0 Å². The quantitative estimate of drug-likeness (QED) is 0.561. The van der Waals surface area contributed by atoms with Gasteiger partial charge in [0.2, 0.25) is 0 Å². The van der Waals surface area contributed by atoms with Gasteiger partial charge < -0.3 is 0 Å². The molecule has 2 heterocycles. The summed E-state index contributed by atoms with van der Waals surface area (Å²) in [5.41, 5.74) is 7.05. The van der Waals surface area contributed by atoms with E-state index >= 15 is 0 Å². The van der Waals surface area contributed by atoms with Crippen LogP contribution in [0.15, 0.2) is 42.7 Å². The van der Waals surface area contributed by atoms with Crippen LogP contribution in [-0.4, -0.2) is 14.8 Å². The Hall–Kier alpha value is -2.24. The average molecular weight is 267 g/mol. The van der Waals surface area contributed by atoms with Gasteiger partial charge in [0.25, 0.3) is 0 Å². The molecular formula is C15H17N5. The maximum absolute atomic E-state index is 5.78. The van der Waals surface area contributed by atoms with Gasteiger partial charge in [-0.05, 0) is 30.2 Å². The fourth-order valence-electron chi connectivity index (χ4n) is 2.55. The molecule has 20 heavy (non-hydrogen) atoms. The summed E-state index contributed by atoms with van der Waals surface area (Å²) in [6.45, 7) is 2.05. The molecule has 0 saturated heterocycles. The Balaban J connectivity index is 2.20. The molecule has 0 aliphatic rings. The number of para-hydroxylation sites is 1. The molecule has 0 aliphatic heterocycles. The van der Waals surface area contributed by atoms with Crippen molar-refractivity contribution in [3.8, 4) is 0 Å². The first-order valence-corrected chi connectivity index (χ1v) is 6.50. The summed E-state index contributed by atoms with van der Waals surface area (Å²) in [7, 11) is 1.94. The van der Waals surface area contributed by atoms with Crippen molar-refractivity contribution in [1.29, 1.82) is 0 Å². The van der Waals surface area contributed by atoms with Gasteiger partial charge in [0.05, 0.1) is 17.3 Å². The number of aromatic nitrogens is 3. The fourth-order valence-corrected chi connectivity index (χ4v) is 2.55. The Labute approximate surface area is 117 Å². The van der Waals surface area contributed by atoms with Crippen molar-refractivity contribution in [2.75, 3.05) is 0 Å². The largest absolute Gasteiger partial charge is 0.271 e. The molecule has 5 nitrogen and oxygen atoms in total. The Morgan fingerprint density at radius 2 is 2.05 bits per heavy atom. The van der Waals surface area contributed by atoms with Gasteiger partial charge in [-0.25, -0.2) is 5.43 Å². The van der Waals surface area contributed by atoms with Crippen molar-refractivity contribution in [1.82, 2.24) is 20.2 Å². The molecule has 5 heteroatoms. The molecule has 102 valence electrons. The highest BCUT2D eigenvalue weighted by atomic mass is 15.3. The first-order chi connectivity index (χ1) is 9.72. The first-order valence-electron chi connectivity index (χ1n) is 6.50. The van der Waals surface area contributed by atoms with E-state index in [0.29, 0.717) is 0 Å². The van der Waals surface area contributed by atoms with E-state index in [-0.39, 0.29) is 6.04 Å². The van der Waals surface area contributed by atoms with Crippen molar-refractivity contribution in [2.24, 2.45) is 12.9 Å². The van der Waals surface area contributed by atoms with Gasteiger partial charge in [0.1, 0.15) is 0 Å². The summed E-state index contributed by atoms with van der Waals surface area (Å²) < 4.78 is 1.88. The van der Waals surface area contributed by atoms with Crippen LogP contribution in [0.25, 0.3) is 10.9 Å². The van der Waals surface area contributed by atoms with E-state index in [4.69, 9.17) is 5.84 Å². The maximum Gasteiger partial charge on any atom is 0.0931 e. The van der Waals surface area contributed by atoms with E-state index in [1.165, 1.54) is 0 Å². The number of pyridine rings is 1. The molecule has 0 amide bonds. The highest BCUT2D eigenvalue weighted by molar-refractivity contribution is 5.82. The van der Waals surface area contributed by atoms with Crippen LogP contribution in [-0.2, 0) is 7.05 Å². The molecule has 1 unspecified atom stereocenters. The SMILES string of the molecule is Cc1ccncc1C(NN)c1nn(C)c2ccccc12. The number of hydrazine groups is 1. The molecule has 0 saturated carbocycles. The van der Waals surface area contributed by atoms with Crippen LogP contribution < -0.4 is 11.3 Å². The number of hydrogen-bond acceptors (Lipinski definition) is 4. The van der Waals surface area contributed by atoms with E-state index in [1.54, 1.807) is 6.20 Å². The van der Waals surface area contributed by atoms with E-state index in [1.807, 2.05) is 43.0 Å². The van der Waals surface area contributed by atoms with Crippen molar-refractivity contribution >= 4 is 10.9 Å². The van der Waals surface area contributed by atoms with Gasteiger partial charge in [0.15, 0.2) is 0 Å². The topological polar surface area (TPSA) is 68.8 Å². The predicted molar refractivity (Wildman–Crippen MR) is 78.9 cm³/mol. The van der Waals surface area contributed by atoms with Crippen LogP contribution in [0.4, 0.5) is 0 Å². The fraction of sp³-hybridized carbons (Fsp3) is 0.200. The van der Waals surface area contributed by atoms with Crippen molar-refractivity contribution < 1.29 is 0 Å². The third-order valence-electron chi connectivity index (χ3n) is 3.62. The molecule has 0 aliphatic carbocycles. The predicted octanol–water partition coefficient (Wildman–Crippen LogP) is 1.83. The zero-order valence-electron chi connectivity index (χ0n) is 11.5. The summed E-state index contributed by atoms with van der Waals surface area (Å²) in [5.74, 6) is 5.78. The van der Waals surface area contributed by atoms with Crippen LogP contribution in [0, 0.1) is 6.92 Å². The number of fused-ring (bicyclic) bond motifs is 1. The number of nitrogens with two attached hydrogens (primary N) is 1. The smallest absolute Gasteiger partial charge is 0.0931 e. The number of hydrogen-bond donors (Lipinski definition) is 2. The molecule has 0 bridgehead atoms. The lowest BCUT2D eigenvalue weighted by Gasteiger charge is -2.16. The Bertz CT molecular complexity index is 747. The minimum Gasteiger partial charge on any atom is -0.271 e. The Morgan fingerprint density at radius 1 is 1.25 bits per heavy atom. The van der Waals surface area contributed by atoms with Crippen LogP contribution >= 0.6 is 0 Å². The molecule has 3 aromatic rings. The monoisotopic (exact) mass is 267 g/mol.